The van der Waals surface area contributed by atoms with Crippen molar-refractivity contribution in [3.63, 3.8) is 0 Å². The maximum absolute atomic E-state index is 13.4. The topological polar surface area (TPSA) is 89.9 Å². The van der Waals surface area contributed by atoms with Crippen molar-refractivity contribution in [3.8, 4) is 0 Å². The molecule has 0 radical (unpaired) electrons. The third kappa shape index (κ3) is 4.50. The number of carbonyl (C=O) groups is 1. The lowest BCUT2D eigenvalue weighted by Gasteiger charge is -2.45. The highest BCUT2D eigenvalue weighted by Gasteiger charge is 2.44. The summed E-state index contributed by atoms with van der Waals surface area (Å²) in [5, 5.41) is 0. The van der Waals surface area contributed by atoms with E-state index in [2.05, 4.69) is 41.5 Å². The second kappa shape index (κ2) is 8.84. The number of urea groups is 1. The predicted octanol–water partition coefficient (Wildman–Crippen LogP) is 5.10. The Balaban J connectivity index is 1.55. The van der Waals surface area contributed by atoms with Gasteiger partial charge in [0.25, 0.3) is 0 Å². The number of nitrogens with zero attached hydrogens (tertiary/aromatic N) is 5. The van der Waals surface area contributed by atoms with Crippen molar-refractivity contribution in [1.82, 2.24) is 19.5 Å². The number of benzene rings is 1. The van der Waals surface area contributed by atoms with Gasteiger partial charge in [-0.2, -0.15) is 8.78 Å². The Morgan fingerprint density at radius 3 is 2.35 bits per heavy atom. The second-order valence-electron chi connectivity index (χ2n) is 9.74. The minimum absolute atomic E-state index is 0.0417. The van der Waals surface area contributed by atoms with Crippen LogP contribution in [0.5, 0.6) is 0 Å². The molecule has 1 aliphatic rings. The van der Waals surface area contributed by atoms with Gasteiger partial charge >= 0.3 is 11.7 Å². The molecule has 2 N–H and O–H groups in total. The molecule has 10 heteroatoms. The maximum atomic E-state index is 13.4. The first-order valence-electron chi connectivity index (χ1n) is 11.5. The molecule has 0 aliphatic heterocycles. The van der Waals surface area contributed by atoms with E-state index in [9.17, 15) is 13.6 Å². The monoisotopic (exact) mass is 488 g/mol. The molecular weight excluding hydrogens is 457 g/mol. The number of hydrogen-bond donors (Lipinski definition) is 1. The van der Waals surface area contributed by atoms with Gasteiger partial charge in [0.1, 0.15) is 5.82 Å². The first-order chi connectivity index (χ1) is 16.0. The minimum atomic E-state index is -3.23. The summed E-state index contributed by atoms with van der Waals surface area (Å²) in [4.78, 5) is 26.1. The first kappa shape index (κ1) is 24.5. The Labute approximate surface area is 200 Å². The summed E-state index contributed by atoms with van der Waals surface area (Å²) in [6.45, 7) is 4.71. The molecule has 4 rings (SSSR count). The molecule has 3 aromatic rings. The van der Waals surface area contributed by atoms with Crippen LogP contribution in [0.25, 0.3) is 11.0 Å². The summed E-state index contributed by atoms with van der Waals surface area (Å²) in [5.74, 6) is 0.483. The number of aryl methyl sites for hydroxylation is 1. The molecule has 182 valence electrons. The van der Waals surface area contributed by atoms with Crippen LogP contribution in [0.3, 0.4) is 0 Å². The van der Waals surface area contributed by atoms with E-state index in [0.717, 1.165) is 49.0 Å². The fourth-order valence-corrected chi connectivity index (χ4v) is 5.31. The van der Waals surface area contributed by atoms with E-state index in [-0.39, 0.29) is 10.8 Å². The van der Waals surface area contributed by atoms with E-state index in [1.165, 1.54) is 26.5 Å². The predicted molar refractivity (Wildman–Crippen MR) is 132 cm³/mol. The molecule has 7 nitrogen and oxygen atoms in total. The summed E-state index contributed by atoms with van der Waals surface area (Å²) in [7, 11) is 3.48. The molecule has 1 unspecified atom stereocenters. The van der Waals surface area contributed by atoms with Gasteiger partial charge in [0.05, 0.1) is 29.1 Å². The lowest BCUT2D eigenvalue weighted by Crippen LogP contribution is -2.47. The quantitative estimate of drug-likeness (QED) is 0.489. The zero-order chi connectivity index (χ0) is 24.7. The first-order valence-corrected chi connectivity index (χ1v) is 12.0. The number of hydrogen-bond acceptors (Lipinski definition) is 4. The molecule has 1 atom stereocenters. The number of primary amides is 1. The highest BCUT2D eigenvalue weighted by atomic mass is 31.0. The van der Waals surface area contributed by atoms with Gasteiger partial charge < -0.3 is 10.3 Å². The molecule has 0 spiro atoms. The molecule has 1 fully saturated rings. The molecule has 1 saturated carbocycles. The molecule has 34 heavy (non-hydrogen) atoms. The van der Waals surface area contributed by atoms with Crippen LogP contribution in [0.1, 0.15) is 57.6 Å². The number of rotatable bonds is 6. The number of nitrogens with two attached hydrogens (primary N) is 1. The van der Waals surface area contributed by atoms with Crippen LogP contribution in [-0.4, -0.2) is 32.1 Å². The van der Waals surface area contributed by atoms with Gasteiger partial charge in [-0.05, 0) is 49.7 Å². The number of carbonyl (C=O) groups excluding carboxylic acids is 1. The molecule has 2 aromatic heterocycles. The third-order valence-corrected chi connectivity index (χ3v) is 7.66. The van der Waals surface area contributed by atoms with Crippen LogP contribution in [0.2, 0.25) is 0 Å². The van der Waals surface area contributed by atoms with Crippen LogP contribution in [0.15, 0.2) is 36.7 Å². The Bertz CT molecular complexity index is 1180. The van der Waals surface area contributed by atoms with E-state index in [1.807, 2.05) is 18.2 Å². The number of aromatic nitrogens is 4. The van der Waals surface area contributed by atoms with Crippen molar-refractivity contribution in [1.29, 1.82) is 0 Å². The van der Waals surface area contributed by atoms with Crippen LogP contribution in [0.4, 0.5) is 19.3 Å². The molecular formula is C24H31F2N6OP. The summed E-state index contributed by atoms with van der Waals surface area (Å²) in [6, 6.07) is 7.51. The fourth-order valence-electron chi connectivity index (χ4n) is 5.16. The van der Waals surface area contributed by atoms with Gasteiger partial charge in [-0.1, -0.05) is 35.2 Å². The number of imidazole rings is 1. The van der Waals surface area contributed by atoms with Crippen molar-refractivity contribution in [2.45, 2.75) is 57.0 Å². The SMILES string of the molecule is CCC1(c2nc3ccccc3n2C)CCC(C)(CN(C(N)=O)c2cnc(C(F)(F)P)nc2)CC1. The van der Waals surface area contributed by atoms with Crippen molar-refractivity contribution in [3.05, 3.63) is 48.3 Å². The Hall–Kier alpha value is -2.67. The zero-order valence-electron chi connectivity index (χ0n) is 19.8. The highest BCUT2D eigenvalue weighted by Crippen LogP contribution is 2.49. The number of para-hydroxylation sites is 2. The van der Waals surface area contributed by atoms with Gasteiger partial charge in [0, 0.05) is 19.0 Å². The second-order valence-corrected chi connectivity index (χ2v) is 10.5. The average Bonchev–Trinajstić information content (AvgIpc) is 3.15. The van der Waals surface area contributed by atoms with E-state index in [4.69, 9.17) is 10.7 Å². The van der Waals surface area contributed by atoms with E-state index in [0.29, 0.717) is 12.2 Å². The Morgan fingerprint density at radius 1 is 1.21 bits per heavy atom. The molecule has 2 heterocycles. The maximum Gasteiger partial charge on any atom is 0.319 e. The Kier molecular flexibility index (Phi) is 6.36. The van der Waals surface area contributed by atoms with E-state index in [1.54, 1.807) is 0 Å². The van der Waals surface area contributed by atoms with Crippen molar-refractivity contribution in [2.75, 3.05) is 11.4 Å². The molecule has 1 aromatic carbocycles. The summed E-state index contributed by atoms with van der Waals surface area (Å²) < 4.78 is 29.1. The fraction of sp³-hybridized carbons (Fsp3) is 0.500. The summed E-state index contributed by atoms with van der Waals surface area (Å²) in [6.07, 6.45) is 7.03. The number of amides is 2. The van der Waals surface area contributed by atoms with Crippen LogP contribution in [0, 0.1) is 5.41 Å². The average molecular weight is 489 g/mol. The number of halogens is 2. The normalized spacial score (nSPS) is 23.2. The summed E-state index contributed by atoms with van der Waals surface area (Å²) in [5.41, 5.74) is 4.64. The van der Waals surface area contributed by atoms with Crippen molar-refractivity contribution in [2.24, 2.45) is 18.2 Å². The van der Waals surface area contributed by atoms with Crippen LogP contribution in [-0.2, 0) is 18.1 Å². The largest absolute Gasteiger partial charge is 0.351 e. The van der Waals surface area contributed by atoms with E-state index >= 15 is 0 Å². The minimum Gasteiger partial charge on any atom is -0.351 e. The third-order valence-electron chi connectivity index (χ3n) is 7.41. The summed E-state index contributed by atoms with van der Waals surface area (Å²) >= 11 is 0. The molecule has 0 saturated heterocycles. The molecule has 2 amide bonds. The van der Waals surface area contributed by atoms with Crippen LogP contribution >= 0.6 is 9.24 Å². The number of alkyl halides is 2. The van der Waals surface area contributed by atoms with Gasteiger partial charge in [-0.15, -0.1) is 0 Å². The standard InChI is InChI=1S/C24H31F2N6OP/c1-4-23(20-30-17-7-5-6-8-18(17)31(20)3)11-9-22(2,10-12-23)15-32(21(27)33)16-13-28-19(29-14-16)24(25,26)34/h5-8,13-14H,4,9-12,15,34H2,1-3H3,(H2,27,33). The highest BCUT2D eigenvalue weighted by molar-refractivity contribution is 7.17. The molecule has 0 bridgehead atoms. The number of fused-ring (bicyclic) bond motifs is 1. The Morgan fingerprint density at radius 2 is 1.82 bits per heavy atom. The van der Waals surface area contributed by atoms with Gasteiger partial charge in [-0.25, -0.2) is 19.7 Å². The smallest absolute Gasteiger partial charge is 0.319 e. The van der Waals surface area contributed by atoms with Gasteiger partial charge in [0.15, 0.2) is 0 Å². The number of anilines is 1. The lowest BCUT2D eigenvalue weighted by molar-refractivity contribution is 0.0930. The molecule has 1 aliphatic carbocycles. The van der Waals surface area contributed by atoms with E-state index < -0.39 is 17.5 Å². The van der Waals surface area contributed by atoms with Gasteiger partial charge in [0.2, 0.25) is 5.82 Å². The van der Waals surface area contributed by atoms with Crippen molar-refractivity contribution >= 4 is 32.0 Å². The lowest BCUT2D eigenvalue weighted by atomic mass is 9.62. The zero-order valence-corrected chi connectivity index (χ0v) is 20.9. The van der Waals surface area contributed by atoms with Crippen LogP contribution < -0.4 is 10.6 Å². The van der Waals surface area contributed by atoms with Gasteiger partial charge in [-0.3, -0.25) is 4.90 Å². The van der Waals surface area contributed by atoms with Crippen molar-refractivity contribution < 1.29 is 13.6 Å².